The van der Waals surface area contributed by atoms with Gasteiger partial charge in [0.15, 0.2) is 5.82 Å². The maximum absolute atomic E-state index is 12.2. The fourth-order valence-electron chi connectivity index (χ4n) is 2.16. The van der Waals surface area contributed by atoms with Crippen molar-refractivity contribution in [2.45, 2.75) is 39.8 Å². The first kappa shape index (κ1) is 14.3. The van der Waals surface area contributed by atoms with Crippen LogP contribution in [0, 0.1) is 0 Å². The first-order chi connectivity index (χ1) is 9.52. The third-order valence-electron chi connectivity index (χ3n) is 3.20. The van der Waals surface area contributed by atoms with Crippen LogP contribution >= 0.6 is 0 Å². The predicted molar refractivity (Wildman–Crippen MR) is 78.8 cm³/mol. The van der Waals surface area contributed by atoms with Crippen LogP contribution in [0.5, 0.6) is 0 Å². The average Bonchev–Trinajstić information content (AvgIpc) is 2.77. The molecular weight excluding hydrogens is 254 g/mol. The van der Waals surface area contributed by atoms with Crippen molar-refractivity contribution in [1.29, 1.82) is 0 Å². The highest BCUT2D eigenvalue weighted by atomic mass is 16.1. The molecule has 6 nitrogen and oxygen atoms in total. The van der Waals surface area contributed by atoms with Crippen LogP contribution in [0.1, 0.15) is 38.1 Å². The first-order valence-corrected chi connectivity index (χ1v) is 6.85. The van der Waals surface area contributed by atoms with Gasteiger partial charge in [0, 0.05) is 43.8 Å². The van der Waals surface area contributed by atoms with Crippen molar-refractivity contribution in [3.8, 4) is 0 Å². The maximum Gasteiger partial charge on any atom is 0.293 e. The van der Waals surface area contributed by atoms with E-state index in [1.165, 1.54) is 0 Å². The average molecular weight is 275 g/mol. The molecule has 0 aliphatic rings. The zero-order chi connectivity index (χ0) is 14.7. The Bertz CT molecular complexity index is 641. The highest BCUT2D eigenvalue weighted by Crippen LogP contribution is 2.09. The lowest BCUT2D eigenvalue weighted by Gasteiger charge is -2.11. The minimum Gasteiger partial charge on any atom is -0.361 e. The van der Waals surface area contributed by atoms with Gasteiger partial charge in [-0.05, 0) is 20.3 Å². The Kier molecular flexibility index (Phi) is 4.22. The number of rotatable bonds is 5. The summed E-state index contributed by atoms with van der Waals surface area (Å²) in [5.74, 6) is 0.382. The summed E-state index contributed by atoms with van der Waals surface area (Å²) >= 11 is 0. The predicted octanol–water partition coefficient (Wildman–Crippen LogP) is 1.73. The molecule has 2 rings (SSSR count). The summed E-state index contributed by atoms with van der Waals surface area (Å²) in [6.07, 6.45) is 6.19. The molecule has 0 saturated heterocycles. The molecule has 0 radical (unpaired) electrons. The molecule has 6 heteroatoms. The Morgan fingerprint density at radius 2 is 2.15 bits per heavy atom. The molecule has 0 aliphatic heterocycles. The molecule has 0 saturated carbocycles. The lowest BCUT2D eigenvalue weighted by molar-refractivity contribution is 0.575. The Balaban J connectivity index is 2.19. The second kappa shape index (κ2) is 5.90. The molecule has 108 valence electrons. The molecule has 0 bridgehead atoms. The SMILES string of the molecule is CCc1nn(C)cc1CNc1nccn(C(C)C)c1=O. The molecule has 0 fully saturated rings. The van der Waals surface area contributed by atoms with Gasteiger partial charge < -0.3 is 9.88 Å². The quantitative estimate of drug-likeness (QED) is 0.902. The monoisotopic (exact) mass is 275 g/mol. The zero-order valence-electron chi connectivity index (χ0n) is 12.4. The molecule has 0 aromatic carbocycles. The van der Waals surface area contributed by atoms with E-state index in [0.29, 0.717) is 12.4 Å². The number of aromatic nitrogens is 4. The summed E-state index contributed by atoms with van der Waals surface area (Å²) in [7, 11) is 1.90. The molecule has 20 heavy (non-hydrogen) atoms. The van der Waals surface area contributed by atoms with Gasteiger partial charge in [0.2, 0.25) is 0 Å². The summed E-state index contributed by atoms with van der Waals surface area (Å²) in [6, 6.07) is 0.121. The summed E-state index contributed by atoms with van der Waals surface area (Å²) in [5.41, 5.74) is 2.04. The Hall–Kier alpha value is -2.11. The van der Waals surface area contributed by atoms with Gasteiger partial charge in [-0.25, -0.2) is 4.98 Å². The summed E-state index contributed by atoms with van der Waals surface area (Å²) in [4.78, 5) is 16.3. The number of nitrogens with one attached hydrogen (secondary N) is 1. The third-order valence-corrected chi connectivity index (χ3v) is 3.20. The van der Waals surface area contributed by atoms with Gasteiger partial charge in [-0.15, -0.1) is 0 Å². The first-order valence-electron chi connectivity index (χ1n) is 6.85. The molecule has 0 unspecified atom stereocenters. The molecule has 0 atom stereocenters. The molecule has 0 aliphatic carbocycles. The van der Waals surface area contributed by atoms with Crippen molar-refractivity contribution >= 4 is 5.82 Å². The summed E-state index contributed by atoms with van der Waals surface area (Å²) < 4.78 is 3.46. The van der Waals surface area contributed by atoms with Crippen molar-refractivity contribution in [3.63, 3.8) is 0 Å². The maximum atomic E-state index is 12.2. The van der Waals surface area contributed by atoms with Crippen LogP contribution in [0.25, 0.3) is 0 Å². The van der Waals surface area contributed by atoms with Gasteiger partial charge in [-0.1, -0.05) is 6.92 Å². The van der Waals surface area contributed by atoms with Crippen molar-refractivity contribution in [3.05, 3.63) is 40.2 Å². The molecule has 0 amide bonds. The van der Waals surface area contributed by atoms with Gasteiger partial charge in [-0.3, -0.25) is 9.48 Å². The molecular formula is C14H21N5O. The molecule has 2 aromatic heterocycles. The third kappa shape index (κ3) is 2.89. The number of hydrogen-bond acceptors (Lipinski definition) is 4. The molecule has 1 N–H and O–H groups in total. The van der Waals surface area contributed by atoms with E-state index in [1.807, 2.05) is 27.1 Å². The fourth-order valence-corrected chi connectivity index (χ4v) is 2.16. The minimum absolute atomic E-state index is 0.0931. The lowest BCUT2D eigenvalue weighted by atomic mass is 10.2. The van der Waals surface area contributed by atoms with Crippen molar-refractivity contribution in [1.82, 2.24) is 19.3 Å². The number of aryl methyl sites for hydroxylation is 2. The van der Waals surface area contributed by atoms with E-state index in [-0.39, 0.29) is 11.6 Å². The van der Waals surface area contributed by atoms with Crippen LogP contribution in [-0.4, -0.2) is 19.3 Å². The van der Waals surface area contributed by atoms with Crippen LogP contribution in [0.15, 0.2) is 23.4 Å². The second-order valence-corrected chi connectivity index (χ2v) is 5.06. The van der Waals surface area contributed by atoms with E-state index >= 15 is 0 Å². The fraction of sp³-hybridized carbons (Fsp3) is 0.500. The Morgan fingerprint density at radius 1 is 1.40 bits per heavy atom. The number of hydrogen-bond donors (Lipinski definition) is 1. The largest absolute Gasteiger partial charge is 0.361 e. The molecule has 2 heterocycles. The van der Waals surface area contributed by atoms with E-state index in [4.69, 9.17) is 0 Å². The Labute approximate surface area is 118 Å². The van der Waals surface area contributed by atoms with Crippen LogP contribution < -0.4 is 10.9 Å². The van der Waals surface area contributed by atoms with Crippen LogP contribution in [-0.2, 0) is 20.0 Å². The standard InChI is InChI=1S/C14H21N5O/c1-5-12-11(9-18(4)17-12)8-16-13-14(20)19(10(2)3)7-6-15-13/h6-7,9-10H,5,8H2,1-4H3,(H,15,16). The van der Waals surface area contributed by atoms with Gasteiger partial charge in [-0.2, -0.15) is 5.10 Å². The van der Waals surface area contributed by atoms with Crippen molar-refractivity contribution in [2.75, 3.05) is 5.32 Å². The van der Waals surface area contributed by atoms with E-state index in [1.54, 1.807) is 21.6 Å². The lowest BCUT2D eigenvalue weighted by Crippen LogP contribution is -2.25. The highest BCUT2D eigenvalue weighted by molar-refractivity contribution is 5.33. The van der Waals surface area contributed by atoms with Crippen LogP contribution in [0.2, 0.25) is 0 Å². The van der Waals surface area contributed by atoms with E-state index in [0.717, 1.165) is 17.7 Å². The molecule has 2 aromatic rings. The van der Waals surface area contributed by atoms with Crippen LogP contribution in [0.4, 0.5) is 5.82 Å². The van der Waals surface area contributed by atoms with E-state index in [9.17, 15) is 4.79 Å². The topological polar surface area (TPSA) is 64.7 Å². The number of nitrogens with zero attached hydrogens (tertiary/aromatic N) is 4. The van der Waals surface area contributed by atoms with Gasteiger partial charge in [0.1, 0.15) is 0 Å². The van der Waals surface area contributed by atoms with Gasteiger partial charge >= 0.3 is 0 Å². The summed E-state index contributed by atoms with van der Waals surface area (Å²) in [6.45, 7) is 6.57. The van der Waals surface area contributed by atoms with Gasteiger partial charge in [0.25, 0.3) is 5.56 Å². The van der Waals surface area contributed by atoms with E-state index in [2.05, 4.69) is 22.3 Å². The normalized spacial score (nSPS) is 11.1. The van der Waals surface area contributed by atoms with Crippen molar-refractivity contribution in [2.24, 2.45) is 7.05 Å². The zero-order valence-corrected chi connectivity index (χ0v) is 12.4. The highest BCUT2D eigenvalue weighted by Gasteiger charge is 2.09. The smallest absolute Gasteiger partial charge is 0.293 e. The van der Waals surface area contributed by atoms with Gasteiger partial charge in [0.05, 0.1) is 5.69 Å². The summed E-state index contributed by atoms with van der Waals surface area (Å²) in [5, 5.41) is 7.50. The van der Waals surface area contributed by atoms with E-state index < -0.39 is 0 Å². The van der Waals surface area contributed by atoms with Crippen LogP contribution in [0.3, 0.4) is 0 Å². The minimum atomic E-state index is -0.0931. The second-order valence-electron chi connectivity index (χ2n) is 5.06. The van der Waals surface area contributed by atoms with Crippen molar-refractivity contribution < 1.29 is 0 Å². The Morgan fingerprint density at radius 3 is 2.80 bits per heavy atom. The number of anilines is 1. The molecule has 0 spiro atoms.